The quantitative estimate of drug-likeness (QED) is 0.851. The molecule has 1 N–H and O–H groups in total. The van der Waals surface area contributed by atoms with E-state index >= 15 is 0 Å². The highest BCUT2D eigenvalue weighted by Crippen LogP contribution is 2.30. The van der Waals surface area contributed by atoms with E-state index in [0.717, 1.165) is 35.7 Å². The second kappa shape index (κ2) is 6.76. The largest absolute Gasteiger partial charge is 0.486 e. The number of rotatable bonds is 7. The molecule has 0 unspecified atom stereocenters. The molecule has 2 rings (SSSR count). The Labute approximate surface area is 128 Å². The third kappa shape index (κ3) is 3.44. The van der Waals surface area contributed by atoms with Crippen LogP contribution < -0.4 is 4.74 Å². The van der Waals surface area contributed by atoms with E-state index in [1.54, 1.807) is 0 Å². The van der Waals surface area contributed by atoms with Crippen LogP contribution >= 0.6 is 11.3 Å². The van der Waals surface area contributed by atoms with E-state index < -0.39 is 5.97 Å². The van der Waals surface area contributed by atoms with Crippen LogP contribution in [0.1, 0.15) is 46.7 Å². The number of carboxylic acids is 1. The number of thiophene rings is 1. The number of aromatic carboxylic acids is 1. The summed E-state index contributed by atoms with van der Waals surface area (Å²) in [5.41, 5.74) is 1.99. The molecule has 2 aromatic rings. The smallest absolute Gasteiger partial charge is 0.349 e. The molecule has 0 fully saturated rings. The van der Waals surface area contributed by atoms with Gasteiger partial charge in [0.15, 0.2) is 4.88 Å². The van der Waals surface area contributed by atoms with Gasteiger partial charge in [-0.15, -0.1) is 11.3 Å². The van der Waals surface area contributed by atoms with Gasteiger partial charge >= 0.3 is 5.97 Å². The van der Waals surface area contributed by atoms with Crippen LogP contribution in [0.5, 0.6) is 5.75 Å². The highest BCUT2D eigenvalue weighted by Gasteiger charge is 2.17. The second-order valence-electron chi connectivity index (χ2n) is 4.65. The van der Waals surface area contributed by atoms with Crippen molar-refractivity contribution in [2.45, 2.75) is 46.8 Å². The van der Waals surface area contributed by atoms with Crippen molar-refractivity contribution in [2.24, 2.45) is 0 Å². The fourth-order valence-corrected chi connectivity index (χ4v) is 2.96. The average Bonchev–Trinajstić information content (AvgIpc) is 3.08. The van der Waals surface area contributed by atoms with E-state index in [4.69, 9.17) is 4.74 Å². The standard InChI is InChI=1S/C15H20N2O3S/c1-4-10-7-11(17(6-3)16-10)9-20-13-8-12(5-2)21-14(13)15(18)19/h7-8H,4-6,9H2,1-3H3,(H,18,19). The number of hydrogen-bond acceptors (Lipinski definition) is 4. The van der Waals surface area contributed by atoms with Crippen LogP contribution in [-0.4, -0.2) is 20.9 Å². The van der Waals surface area contributed by atoms with E-state index in [1.165, 1.54) is 11.3 Å². The zero-order valence-corrected chi connectivity index (χ0v) is 13.4. The summed E-state index contributed by atoms with van der Waals surface area (Å²) in [7, 11) is 0. The van der Waals surface area contributed by atoms with Crippen molar-refractivity contribution in [3.05, 3.63) is 33.3 Å². The SMILES string of the molecule is CCc1cc(COc2cc(CC)sc2C(=O)O)n(CC)n1. The summed E-state index contributed by atoms with van der Waals surface area (Å²) in [5.74, 6) is -0.487. The molecule has 0 bridgehead atoms. The summed E-state index contributed by atoms with van der Waals surface area (Å²) >= 11 is 1.28. The van der Waals surface area contributed by atoms with Gasteiger partial charge < -0.3 is 9.84 Å². The number of aryl methyl sites for hydroxylation is 3. The first-order valence-electron chi connectivity index (χ1n) is 7.13. The van der Waals surface area contributed by atoms with Crippen LogP contribution in [0.25, 0.3) is 0 Å². The molecule has 5 nitrogen and oxygen atoms in total. The molecule has 114 valence electrons. The molecule has 2 heterocycles. The highest BCUT2D eigenvalue weighted by molar-refractivity contribution is 7.14. The van der Waals surface area contributed by atoms with Crippen molar-refractivity contribution in [2.75, 3.05) is 0 Å². The lowest BCUT2D eigenvalue weighted by molar-refractivity contribution is 0.0697. The Morgan fingerprint density at radius 2 is 2.10 bits per heavy atom. The average molecular weight is 308 g/mol. The Bertz CT molecular complexity index is 631. The summed E-state index contributed by atoms with van der Waals surface area (Å²) in [6.45, 7) is 7.19. The predicted molar refractivity (Wildman–Crippen MR) is 82.3 cm³/mol. The highest BCUT2D eigenvalue weighted by atomic mass is 32.1. The van der Waals surface area contributed by atoms with Crippen LogP contribution in [0.15, 0.2) is 12.1 Å². The molecule has 0 aliphatic rings. The van der Waals surface area contributed by atoms with Gasteiger partial charge in [-0.1, -0.05) is 13.8 Å². The number of ether oxygens (including phenoxy) is 1. The summed E-state index contributed by atoms with van der Waals surface area (Å²) < 4.78 is 7.63. The topological polar surface area (TPSA) is 64.3 Å². The van der Waals surface area contributed by atoms with Crippen LogP contribution in [0, 0.1) is 0 Å². The first-order valence-corrected chi connectivity index (χ1v) is 7.95. The summed E-state index contributed by atoms with van der Waals surface area (Å²) in [6.07, 6.45) is 1.68. The lowest BCUT2D eigenvalue weighted by Crippen LogP contribution is -2.07. The van der Waals surface area contributed by atoms with Gasteiger partial charge in [0.1, 0.15) is 12.4 Å². The molecule has 0 aliphatic heterocycles. The van der Waals surface area contributed by atoms with Crippen LogP contribution in [0.4, 0.5) is 0 Å². The van der Waals surface area contributed by atoms with E-state index in [0.29, 0.717) is 12.4 Å². The molecule has 0 aromatic carbocycles. The first-order chi connectivity index (χ1) is 10.1. The maximum atomic E-state index is 11.2. The molecule has 0 saturated heterocycles. The van der Waals surface area contributed by atoms with Crippen molar-refractivity contribution in [1.29, 1.82) is 0 Å². The Balaban J connectivity index is 2.17. The summed E-state index contributed by atoms with van der Waals surface area (Å²) in [6, 6.07) is 3.83. The van der Waals surface area contributed by atoms with Crippen molar-refractivity contribution in [3.63, 3.8) is 0 Å². The molecule has 0 saturated carbocycles. The van der Waals surface area contributed by atoms with Gasteiger partial charge in [-0.05, 0) is 31.9 Å². The van der Waals surface area contributed by atoms with Crippen molar-refractivity contribution in [3.8, 4) is 5.75 Å². The van der Waals surface area contributed by atoms with Gasteiger partial charge in [-0.25, -0.2) is 4.79 Å². The molecular weight excluding hydrogens is 288 g/mol. The van der Waals surface area contributed by atoms with Gasteiger partial charge in [0.2, 0.25) is 0 Å². The molecule has 0 radical (unpaired) electrons. The predicted octanol–water partition coefficient (Wildman–Crippen LogP) is 3.37. The van der Waals surface area contributed by atoms with Crippen LogP contribution in [0.3, 0.4) is 0 Å². The Morgan fingerprint density at radius 1 is 1.33 bits per heavy atom. The maximum Gasteiger partial charge on any atom is 0.349 e. The van der Waals surface area contributed by atoms with Crippen molar-refractivity contribution in [1.82, 2.24) is 9.78 Å². The monoisotopic (exact) mass is 308 g/mol. The van der Waals surface area contributed by atoms with Crippen LogP contribution in [-0.2, 0) is 26.0 Å². The minimum Gasteiger partial charge on any atom is -0.486 e. The minimum atomic E-state index is -0.937. The number of carbonyl (C=O) groups is 1. The minimum absolute atomic E-state index is 0.269. The van der Waals surface area contributed by atoms with E-state index in [1.807, 2.05) is 30.7 Å². The van der Waals surface area contributed by atoms with E-state index in [2.05, 4.69) is 12.0 Å². The summed E-state index contributed by atoms with van der Waals surface area (Å²) in [5, 5.41) is 13.7. The number of aromatic nitrogens is 2. The molecule has 6 heteroatoms. The molecule has 0 spiro atoms. The first kappa shape index (κ1) is 15.6. The van der Waals surface area contributed by atoms with Crippen molar-refractivity contribution >= 4 is 17.3 Å². The molecule has 0 atom stereocenters. The number of nitrogens with zero attached hydrogens (tertiary/aromatic N) is 2. The fraction of sp³-hybridized carbons (Fsp3) is 0.467. The summed E-state index contributed by atoms with van der Waals surface area (Å²) in [4.78, 5) is 12.5. The molecule has 21 heavy (non-hydrogen) atoms. The van der Waals surface area contributed by atoms with E-state index in [-0.39, 0.29) is 4.88 Å². The zero-order valence-electron chi connectivity index (χ0n) is 12.5. The van der Waals surface area contributed by atoms with Crippen molar-refractivity contribution < 1.29 is 14.6 Å². The van der Waals surface area contributed by atoms with Gasteiger partial charge in [0, 0.05) is 11.4 Å². The molecule has 0 amide bonds. The fourth-order valence-electron chi connectivity index (χ4n) is 2.08. The second-order valence-corrected chi connectivity index (χ2v) is 5.79. The number of carboxylic acid groups (broad SMARTS) is 1. The molecule has 2 aromatic heterocycles. The lowest BCUT2D eigenvalue weighted by atomic mass is 10.3. The molecular formula is C15H20N2O3S. The molecule has 0 aliphatic carbocycles. The Morgan fingerprint density at radius 3 is 2.67 bits per heavy atom. The Kier molecular flexibility index (Phi) is 5.01. The van der Waals surface area contributed by atoms with Gasteiger partial charge in [0.25, 0.3) is 0 Å². The third-order valence-electron chi connectivity index (χ3n) is 3.24. The zero-order chi connectivity index (χ0) is 15.4. The van der Waals surface area contributed by atoms with Gasteiger partial charge in [-0.2, -0.15) is 5.10 Å². The van der Waals surface area contributed by atoms with Crippen LogP contribution in [0.2, 0.25) is 0 Å². The van der Waals surface area contributed by atoms with Gasteiger partial charge in [0.05, 0.1) is 11.4 Å². The Hall–Kier alpha value is -1.82. The maximum absolute atomic E-state index is 11.2. The normalized spacial score (nSPS) is 10.8. The van der Waals surface area contributed by atoms with Gasteiger partial charge in [-0.3, -0.25) is 4.68 Å². The third-order valence-corrected chi connectivity index (χ3v) is 4.49. The lowest BCUT2D eigenvalue weighted by Gasteiger charge is -2.07. The van der Waals surface area contributed by atoms with E-state index in [9.17, 15) is 9.90 Å². The number of hydrogen-bond donors (Lipinski definition) is 1.